The molecule has 0 aromatic heterocycles. The van der Waals surface area contributed by atoms with Crippen LogP contribution in [0, 0.1) is 5.82 Å². The van der Waals surface area contributed by atoms with Crippen LogP contribution in [0.25, 0.3) is 0 Å². The molecule has 1 aromatic carbocycles. The average Bonchev–Trinajstić information content (AvgIpc) is 2.15. The number of hydrogen-bond acceptors (Lipinski definition) is 2. The minimum Gasteiger partial charge on any atom is -0.261 e. The van der Waals surface area contributed by atoms with E-state index in [0.717, 1.165) is 24.9 Å². The summed E-state index contributed by atoms with van der Waals surface area (Å²) in [5, 5.41) is 0. The highest BCUT2D eigenvalue weighted by Crippen LogP contribution is 2.07. The van der Waals surface area contributed by atoms with Crippen molar-refractivity contribution in [2.24, 2.45) is 0 Å². The Kier molecular flexibility index (Phi) is 4.43. The Labute approximate surface area is 78.1 Å². The molecule has 0 aliphatic carbocycles. The lowest BCUT2D eigenvalue weighted by Gasteiger charge is -2.03. The van der Waals surface area contributed by atoms with Crippen LogP contribution in [0.15, 0.2) is 24.3 Å². The van der Waals surface area contributed by atoms with Gasteiger partial charge in [0.15, 0.2) is 0 Å². The first-order valence-electron chi connectivity index (χ1n) is 4.47. The molecule has 0 bridgehead atoms. The van der Waals surface area contributed by atoms with Gasteiger partial charge in [0.05, 0.1) is 0 Å². The summed E-state index contributed by atoms with van der Waals surface area (Å²) in [5.74, 6) is -0.105. The van der Waals surface area contributed by atoms with Crippen LogP contribution < -0.4 is 10.9 Å². The maximum atomic E-state index is 13.1. The monoisotopic (exact) mass is 182 g/mol. The van der Waals surface area contributed by atoms with E-state index >= 15 is 0 Å². The van der Waals surface area contributed by atoms with Gasteiger partial charge in [0.2, 0.25) is 0 Å². The Morgan fingerprint density at radius 1 is 1.31 bits per heavy atom. The van der Waals surface area contributed by atoms with E-state index in [2.05, 4.69) is 10.9 Å². The van der Waals surface area contributed by atoms with Crippen molar-refractivity contribution in [1.29, 1.82) is 0 Å². The first-order valence-corrected chi connectivity index (χ1v) is 4.47. The highest BCUT2D eigenvalue weighted by Gasteiger charge is 1.98. The van der Waals surface area contributed by atoms with Crippen molar-refractivity contribution in [2.75, 3.05) is 13.6 Å². The molecule has 2 nitrogen and oxygen atoms in total. The predicted octanol–water partition coefficient (Wildman–Crippen LogP) is 1.48. The van der Waals surface area contributed by atoms with E-state index < -0.39 is 0 Å². The third-order valence-electron chi connectivity index (χ3n) is 1.88. The smallest absolute Gasteiger partial charge is 0.126 e. The summed E-state index contributed by atoms with van der Waals surface area (Å²) in [6, 6.07) is 6.91. The fourth-order valence-electron chi connectivity index (χ4n) is 1.19. The summed E-state index contributed by atoms with van der Waals surface area (Å²) >= 11 is 0. The van der Waals surface area contributed by atoms with Crippen molar-refractivity contribution in [3.63, 3.8) is 0 Å². The molecule has 2 N–H and O–H groups in total. The number of rotatable bonds is 5. The molecule has 13 heavy (non-hydrogen) atoms. The van der Waals surface area contributed by atoms with Crippen LogP contribution in [0.2, 0.25) is 0 Å². The molecule has 0 fully saturated rings. The summed E-state index contributed by atoms with van der Waals surface area (Å²) in [4.78, 5) is 0. The van der Waals surface area contributed by atoms with Crippen molar-refractivity contribution < 1.29 is 4.39 Å². The van der Waals surface area contributed by atoms with Gasteiger partial charge in [-0.1, -0.05) is 18.2 Å². The van der Waals surface area contributed by atoms with Crippen LogP contribution in [0.4, 0.5) is 4.39 Å². The molecule has 0 amide bonds. The van der Waals surface area contributed by atoms with E-state index in [4.69, 9.17) is 0 Å². The number of hydrogen-bond donors (Lipinski definition) is 2. The zero-order valence-electron chi connectivity index (χ0n) is 7.81. The average molecular weight is 182 g/mol. The molecule has 0 saturated carbocycles. The number of aryl methyl sites for hydroxylation is 1. The topological polar surface area (TPSA) is 24.1 Å². The number of halogens is 1. The SMILES string of the molecule is CNNCCCc1ccccc1F. The fourth-order valence-corrected chi connectivity index (χ4v) is 1.19. The van der Waals surface area contributed by atoms with E-state index in [1.807, 2.05) is 19.2 Å². The van der Waals surface area contributed by atoms with E-state index in [1.54, 1.807) is 6.07 Å². The van der Waals surface area contributed by atoms with Crippen LogP contribution in [0.1, 0.15) is 12.0 Å². The highest BCUT2D eigenvalue weighted by atomic mass is 19.1. The molecule has 72 valence electrons. The van der Waals surface area contributed by atoms with Gasteiger partial charge in [-0.15, -0.1) is 0 Å². The Morgan fingerprint density at radius 2 is 2.08 bits per heavy atom. The summed E-state index contributed by atoms with van der Waals surface area (Å²) in [6.45, 7) is 0.852. The lowest BCUT2D eigenvalue weighted by atomic mass is 10.1. The third-order valence-corrected chi connectivity index (χ3v) is 1.88. The minimum atomic E-state index is -0.105. The second-order valence-corrected chi connectivity index (χ2v) is 2.87. The molecule has 3 heteroatoms. The molecule has 0 heterocycles. The second kappa shape index (κ2) is 5.67. The maximum Gasteiger partial charge on any atom is 0.126 e. The van der Waals surface area contributed by atoms with Gasteiger partial charge in [0, 0.05) is 6.54 Å². The zero-order chi connectivity index (χ0) is 9.52. The van der Waals surface area contributed by atoms with Gasteiger partial charge in [0.1, 0.15) is 5.82 Å². The van der Waals surface area contributed by atoms with Gasteiger partial charge in [-0.3, -0.25) is 10.9 Å². The quantitative estimate of drug-likeness (QED) is 0.532. The molecular formula is C10H15FN2. The molecular weight excluding hydrogens is 167 g/mol. The van der Waals surface area contributed by atoms with Gasteiger partial charge in [-0.25, -0.2) is 4.39 Å². The van der Waals surface area contributed by atoms with Gasteiger partial charge >= 0.3 is 0 Å². The predicted molar refractivity (Wildman–Crippen MR) is 51.8 cm³/mol. The van der Waals surface area contributed by atoms with E-state index in [0.29, 0.717) is 0 Å². The van der Waals surface area contributed by atoms with Gasteiger partial charge in [0.25, 0.3) is 0 Å². The summed E-state index contributed by atoms with van der Waals surface area (Å²) in [6.07, 6.45) is 1.71. The van der Waals surface area contributed by atoms with Crippen molar-refractivity contribution >= 4 is 0 Å². The summed E-state index contributed by atoms with van der Waals surface area (Å²) < 4.78 is 13.1. The molecule has 1 rings (SSSR count). The molecule has 0 aliphatic rings. The fraction of sp³-hybridized carbons (Fsp3) is 0.400. The van der Waals surface area contributed by atoms with E-state index in [-0.39, 0.29) is 5.82 Å². The van der Waals surface area contributed by atoms with Crippen LogP contribution in [0.3, 0.4) is 0 Å². The Bertz CT molecular complexity index is 250. The zero-order valence-corrected chi connectivity index (χ0v) is 7.81. The molecule has 0 atom stereocenters. The number of hydrazine groups is 1. The minimum absolute atomic E-state index is 0.105. The third kappa shape index (κ3) is 3.53. The Balaban J connectivity index is 2.32. The lowest BCUT2D eigenvalue weighted by Crippen LogP contribution is -2.28. The van der Waals surface area contributed by atoms with Crippen LogP contribution in [-0.4, -0.2) is 13.6 Å². The van der Waals surface area contributed by atoms with E-state index in [1.165, 1.54) is 6.07 Å². The maximum absolute atomic E-state index is 13.1. The van der Waals surface area contributed by atoms with E-state index in [9.17, 15) is 4.39 Å². The number of benzene rings is 1. The molecule has 0 saturated heterocycles. The molecule has 1 aromatic rings. The Hall–Kier alpha value is -0.930. The van der Waals surface area contributed by atoms with Crippen LogP contribution in [-0.2, 0) is 6.42 Å². The summed E-state index contributed by atoms with van der Waals surface area (Å²) in [5.41, 5.74) is 6.58. The van der Waals surface area contributed by atoms with Gasteiger partial charge in [-0.05, 0) is 31.5 Å². The first-order chi connectivity index (χ1) is 6.34. The standard InChI is InChI=1S/C10H15FN2/c1-12-13-8-4-6-9-5-2-3-7-10(9)11/h2-3,5,7,12-13H,4,6,8H2,1H3. The summed E-state index contributed by atoms with van der Waals surface area (Å²) in [7, 11) is 1.82. The first kappa shape index (κ1) is 10.2. The normalized spacial score (nSPS) is 10.3. The van der Waals surface area contributed by atoms with Crippen molar-refractivity contribution in [3.8, 4) is 0 Å². The van der Waals surface area contributed by atoms with Crippen molar-refractivity contribution in [1.82, 2.24) is 10.9 Å². The Morgan fingerprint density at radius 3 is 2.77 bits per heavy atom. The van der Waals surface area contributed by atoms with Gasteiger partial charge < -0.3 is 0 Å². The molecule has 0 spiro atoms. The highest BCUT2D eigenvalue weighted by molar-refractivity contribution is 5.17. The van der Waals surface area contributed by atoms with Crippen LogP contribution >= 0.6 is 0 Å². The molecule has 0 radical (unpaired) electrons. The molecule has 0 aliphatic heterocycles. The largest absolute Gasteiger partial charge is 0.261 e. The lowest BCUT2D eigenvalue weighted by molar-refractivity contribution is 0.561. The van der Waals surface area contributed by atoms with Crippen molar-refractivity contribution in [3.05, 3.63) is 35.6 Å². The number of nitrogens with one attached hydrogen (secondary N) is 2. The van der Waals surface area contributed by atoms with Crippen molar-refractivity contribution in [2.45, 2.75) is 12.8 Å². The molecule has 0 unspecified atom stereocenters. The van der Waals surface area contributed by atoms with Gasteiger partial charge in [-0.2, -0.15) is 0 Å². The van der Waals surface area contributed by atoms with Crippen LogP contribution in [0.5, 0.6) is 0 Å². The second-order valence-electron chi connectivity index (χ2n) is 2.87.